The van der Waals surface area contributed by atoms with Crippen molar-refractivity contribution in [1.29, 1.82) is 0 Å². The monoisotopic (exact) mass is 352 g/mol. The number of pyridine rings is 1. The van der Waals surface area contributed by atoms with Crippen molar-refractivity contribution in [3.63, 3.8) is 0 Å². The number of nitrogens with one attached hydrogen (secondary N) is 1. The molecule has 1 aromatic heterocycles. The summed E-state index contributed by atoms with van der Waals surface area (Å²) in [4.78, 5) is 4.12. The van der Waals surface area contributed by atoms with Crippen molar-refractivity contribution < 1.29 is 4.74 Å². The van der Waals surface area contributed by atoms with Gasteiger partial charge in [0, 0.05) is 12.5 Å². The average Bonchev–Trinajstić information content (AvgIpc) is 2.90. The van der Waals surface area contributed by atoms with Crippen LogP contribution in [-0.2, 0) is 6.42 Å². The molecule has 1 N–H and O–H groups in total. The molecule has 1 unspecified atom stereocenters. The van der Waals surface area contributed by atoms with E-state index in [-0.39, 0.29) is 6.04 Å². The van der Waals surface area contributed by atoms with Gasteiger partial charge in [-0.1, -0.05) is 17.7 Å². The van der Waals surface area contributed by atoms with E-state index in [1.807, 2.05) is 12.1 Å². The molecule has 0 saturated heterocycles. The second kappa shape index (κ2) is 5.62. The number of ether oxygens (including phenoxy) is 1. The molecule has 104 valence electrons. The van der Waals surface area contributed by atoms with Crippen LogP contribution in [0.1, 0.15) is 24.1 Å². The van der Waals surface area contributed by atoms with Gasteiger partial charge < -0.3 is 10.1 Å². The van der Waals surface area contributed by atoms with E-state index in [0.717, 1.165) is 28.9 Å². The molecule has 20 heavy (non-hydrogen) atoms. The van der Waals surface area contributed by atoms with E-state index in [2.05, 4.69) is 45.3 Å². The lowest BCUT2D eigenvalue weighted by molar-refractivity contribution is 0.357. The van der Waals surface area contributed by atoms with Gasteiger partial charge in [-0.3, -0.25) is 0 Å². The van der Waals surface area contributed by atoms with Crippen LogP contribution in [0.4, 0.5) is 5.69 Å². The Bertz CT molecular complexity index is 648. The lowest BCUT2D eigenvalue weighted by atomic mass is 10.0. The number of hydrogen-bond donors (Lipinski definition) is 1. The Balaban J connectivity index is 1.78. The quantitative estimate of drug-likeness (QED) is 0.819. The third-order valence-electron chi connectivity index (χ3n) is 3.39. The normalized spacial score (nSPS) is 14.6. The first-order valence-electron chi connectivity index (χ1n) is 6.46. The fourth-order valence-electron chi connectivity index (χ4n) is 2.31. The predicted octanol–water partition coefficient (Wildman–Crippen LogP) is 4.61. The summed E-state index contributed by atoms with van der Waals surface area (Å²) < 4.78 is 6.32. The molecule has 0 aliphatic carbocycles. The van der Waals surface area contributed by atoms with E-state index >= 15 is 0 Å². The smallest absolute Gasteiger partial charge is 0.143 e. The van der Waals surface area contributed by atoms with Crippen molar-refractivity contribution in [3.05, 3.63) is 51.2 Å². The van der Waals surface area contributed by atoms with Crippen molar-refractivity contribution >= 4 is 33.2 Å². The minimum Gasteiger partial charge on any atom is -0.493 e. The number of aromatic nitrogens is 1. The Kier molecular flexibility index (Phi) is 3.85. The Labute approximate surface area is 131 Å². The van der Waals surface area contributed by atoms with E-state index in [0.29, 0.717) is 5.15 Å². The fraction of sp³-hybridized carbons (Fsp3) is 0.267. The summed E-state index contributed by atoms with van der Waals surface area (Å²) in [6.45, 7) is 2.91. The lowest BCUT2D eigenvalue weighted by Gasteiger charge is -2.16. The predicted molar refractivity (Wildman–Crippen MR) is 84.6 cm³/mol. The number of hydrogen-bond acceptors (Lipinski definition) is 3. The van der Waals surface area contributed by atoms with Gasteiger partial charge in [0.15, 0.2) is 0 Å². The van der Waals surface area contributed by atoms with Crippen molar-refractivity contribution in [2.75, 3.05) is 11.9 Å². The van der Waals surface area contributed by atoms with Gasteiger partial charge in [-0.15, -0.1) is 0 Å². The highest BCUT2D eigenvalue weighted by Gasteiger charge is 2.14. The van der Waals surface area contributed by atoms with Crippen LogP contribution in [0.15, 0.2) is 34.9 Å². The summed E-state index contributed by atoms with van der Waals surface area (Å²) in [5, 5.41) is 3.90. The molecule has 1 atom stereocenters. The molecular formula is C15H14BrClN2O. The van der Waals surface area contributed by atoms with E-state index in [1.165, 1.54) is 11.1 Å². The highest BCUT2D eigenvalue weighted by molar-refractivity contribution is 9.10. The third-order valence-corrected chi connectivity index (χ3v) is 4.53. The maximum absolute atomic E-state index is 5.90. The first kappa shape index (κ1) is 13.7. The van der Waals surface area contributed by atoms with Gasteiger partial charge >= 0.3 is 0 Å². The molecule has 2 heterocycles. The molecule has 0 bridgehead atoms. The van der Waals surface area contributed by atoms with Crippen molar-refractivity contribution in [3.8, 4) is 5.75 Å². The standard InChI is InChI=1S/C15H14BrClN2O/c1-9(19-12-7-13(16)15(17)18-8-12)10-2-3-14-11(6-10)4-5-20-14/h2-3,6-9,19H,4-5H2,1H3. The maximum Gasteiger partial charge on any atom is 0.143 e. The van der Waals surface area contributed by atoms with Gasteiger partial charge in [-0.25, -0.2) is 4.98 Å². The highest BCUT2D eigenvalue weighted by Crippen LogP contribution is 2.30. The molecule has 0 amide bonds. The van der Waals surface area contributed by atoms with Crippen LogP contribution in [0.25, 0.3) is 0 Å². The van der Waals surface area contributed by atoms with Crippen LogP contribution >= 0.6 is 27.5 Å². The Morgan fingerprint density at radius 1 is 1.40 bits per heavy atom. The number of anilines is 1. The molecule has 2 aromatic rings. The molecule has 3 nitrogen and oxygen atoms in total. The van der Waals surface area contributed by atoms with Crippen LogP contribution < -0.4 is 10.1 Å². The van der Waals surface area contributed by atoms with Crippen LogP contribution in [-0.4, -0.2) is 11.6 Å². The van der Waals surface area contributed by atoms with Gasteiger partial charge in [-0.2, -0.15) is 0 Å². The van der Waals surface area contributed by atoms with E-state index in [1.54, 1.807) is 6.20 Å². The molecule has 1 aliphatic heterocycles. The minimum absolute atomic E-state index is 0.191. The molecule has 1 aliphatic rings. The van der Waals surface area contributed by atoms with Gasteiger partial charge in [0.1, 0.15) is 10.9 Å². The summed E-state index contributed by atoms with van der Waals surface area (Å²) in [6.07, 6.45) is 2.73. The zero-order valence-electron chi connectivity index (χ0n) is 11.0. The topological polar surface area (TPSA) is 34.2 Å². The Morgan fingerprint density at radius 2 is 2.25 bits per heavy atom. The van der Waals surface area contributed by atoms with Gasteiger partial charge in [0.2, 0.25) is 0 Å². The molecule has 1 aromatic carbocycles. The van der Waals surface area contributed by atoms with E-state index in [4.69, 9.17) is 16.3 Å². The zero-order valence-corrected chi connectivity index (χ0v) is 13.3. The Hall–Kier alpha value is -1.26. The van der Waals surface area contributed by atoms with Gasteiger partial charge in [0.25, 0.3) is 0 Å². The molecule has 5 heteroatoms. The summed E-state index contributed by atoms with van der Waals surface area (Å²) in [6, 6.07) is 8.48. The molecule has 0 spiro atoms. The average molecular weight is 354 g/mol. The molecule has 3 rings (SSSR count). The number of benzene rings is 1. The Morgan fingerprint density at radius 3 is 3.05 bits per heavy atom. The van der Waals surface area contributed by atoms with E-state index < -0.39 is 0 Å². The van der Waals surface area contributed by atoms with Crippen molar-refractivity contribution in [1.82, 2.24) is 4.98 Å². The number of rotatable bonds is 3. The van der Waals surface area contributed by atoms with Crippen LogP contribution in [0, 0.1) is 0 Å². The van der Waals surface area contributed by atoms with Gasteiger partial charge in [0.05, 0.1) is 23.0 Å². The van der Waals surface area contributed by atoms with Crippen LogP contribution in [0.3, 0.4) is 0 Å². The van der Waals surface area contributed by atoms with Crippen LogP contribution in [0.2, 0.25) is 5.15 Å². The second-order valence-corrected chi connectivity index (χ2v) is 6.04. The third kappa shape index (κ3) is 2.76. The first-order valence-corrected chi connectivity index (χ1v) is 7.64. The molecule has 0 radical (unpaired) electrons. The fourth-order valence-corrected chi connectivity index (χ4v) is 2.76. The molecular weight excluding hydrogens is 340 g/mol. The van der Waals surface area contributed by atoms with E-state index in [9.17, 15) is 0 Å². The SMILES string of the molecule is CC(Nc1cnc(Cl)c(Br)c1)c1ccc2c(c1)CCO2. The minimum atomic E-state index is 0.191. The number of fused-ring (bicyclic) bond motifs is 1. The second-order valence-electron chi connectivity index (χ2n) is 4.83. The molecule has 0 saturated carbocycles. The largest absolute Gasteiger partial charge is 0.493 e. The summed E-state index contributed by atoms with van der Waals surface area (Å²) in [7, 11) is 0. The maximum atomic E-state index is 5.90. The summed E-state index contributed by atoms with van der Waals surface area (Å²) >= 11 is 9.28. The number of halogens is 2. The lowest BCUT2D eigenvalue weighted by Crippen LogP contribution is -2.07. The van der Waals surface area contributed by atoms with Crippen LogP contribution in [0.5, 0.6) is 5.75 Å². The van der Waals surface area contributed by atoms with Crippen molar-refractivity contribution in [2.24, 2.45) is 0 Å². The summed E-state index contributed by atoms with van der Waals surface area (Å²) in [5.41, 5.74) is 3.46. The zero-order chi connectivity index (χ0) is 14.1. The highest BCUT2D eigenvalue weighted by atomic mass is 79.9. The van der Waals surface area contributed by atoms with Gasteiger partial charge in [-0.05, 0) is 52.2 Å². The van der Waals surface area contributed by atoms with Crippen molar-refractivity contribution in [2.45, 2.75) is 19.4 Å². The first-order chi connectivity index (χ1) is 9.63. The number of nitrogens with zero attached hydrogens (tertiary/aromatic N) is 1. The summed E-state index contributed by atoms with van der Waals surface area (Å²) in [5.74, 6) is 1.01. The molecule has 0 fully saturated rings.